The molecule has 29 heavy (non-hydrogen) atoms. The quantitative estimate of drug-likeness (QED) is 0.272. The topological polar surface area (TPSA) is 35.5 Å². The Kier molecular flexibility index (Phi) is 6.08. The maximum atomic E-state index is 12.8. The molecule has 1 heterocycles. The van der Waals surface area contributed by atoms with Crippen molar-refractivity contribution in [1.29, 1.82) is 0 Å². The molecule has 7 heteroatoms. The van der Waals surface area contributed by atoms with Crippen molar-refractivity contribution in [2.75, 3.05) is 14.2 Å². The molecule has 0 radical (unpaired) electrons. The highest BCUT2D eigenvalue weighted by atomic mass is 32.1. The lowest BCUT2D eigenvalue weighted by atomic mass is 9.99. The Morgan fingerprint density at radius 1 is 1.00 bits per heavy atom. The van der Waals surface area contributed by atoms with E-state index < -0.39 is 11.7 Å². The maximum absolute atomic E-state index is 12.8. The molecule has 0 unspecified atom stereocenters. The van der Waals surface area contributed by atoms with Gasteiger partial charge in [0.1, 0.15) is 11.5 Å². The van der Waals surface area contributed by atoms with Gasteiger partial charge < -0.3 is 9.47 Å². The summed E-state index contributed by atoms with van der Waals surface area (Å²) in [6.45, 7) is 0. The summed E-state index contributed by atoms with van der Waals surface area (Å²) in [6, 6.07) is 11.9. The molecule has 0 amide bonds. The van der Waals surface area contributed by atoms with Crippen molar-refractivity contribution >= 4 is 29.3 Å². The molecule has 3 rings (SSSR count). The van der Waals surface area contributed by atoms with E-state index in [0.29, 0.717) is 28.9 Å². The molecule has 0 spiro atoms. The Morgan fingerprint density at radius 2 is 1.72 bits per heavy atom. The van der Waals surface area contributed by atoms with Gasteiger partial charge in [-0.15, -0.1) is 11.3 Å². The van der Waals surface area contributed by atoms with Gasteiger partial charge in [0.05, 0.1) is 25.3 Å². The van der Waals surface area contributed by atoms with Crippen LogP contribution in [0.5, 0.6) is 11.5 Å². The van der Waals surface area contributed by atoms with Crippen molar-refractivity contribution in [3.05, 3.63) is 70.6 Å². The molecular weight excluding hydrogens is 401 g/mol. The summed E-state index contributed by atoms with van der Waals surface area (Å²) >= 11 is 1.54. The SMILES string of the molecule is COc1ccc(-c2cccs2)c(OC)c1C=C(C=O)c1ccc(C(F)(F)F)cc1. The number of benzene rings is 2. The Labute approximate surface area is 170 Å². The zero-order valence-electron chi connectivity index (χ0n) is 15.6. The number of carbonyl (C=O) groups excluding carboxylic acids is 1. The van der Waals surface area contributed by atoms with E-state index in [9.17, 15) is 18.0 Å². The van der Waals surface area contributed by atoms with Crippen molar-refractivity contribution in [3.8, 4) is 21.9 Å². The molecule has 0 N–H and O–H groups in total. The number of halogens is 3. The minimum absolute atomic E-state index is 0.207. The third-order valence-corrected chi connectivity index (χ3v) is 5.24. The standard InChI is InChI=1S/C22H17F3O3S/c1-27-19-10-9-17(20-4-3-11-29-20)21(28-2)18(19)12-15(13-26)14-5-7-16(8-6-14)22(23,24)25/h3-13H,1-2H3. The Hall–Kier alpha value is -3.06. The number of alkyl halides is 3. The van der Waals surface area contributed by atoms with Crippen LogP contribution in [0.15, 0.2) is 53.9 Å². The third-order valence-electron chi connectivity index (χ3n) is 4.34. The van der Waals surface area contributed by atoms with Gasteiger partial charge in [0, 0.05) is 16.0 Å². The largest absolute Gasteiger partial charge is 0.496 e. The molecule has 3 nitrogen and oxygen atoms in total. The molecule has 0 fully saturated rings. The molecule has 0 saturated carbocycles. The van der Waals surface area contributed by atoms with Crippen molar-refractivity contribution in [3.63, 3.8) is 0 Å². The van der Waals surface area contributed by atoms with Gasteiger partial charge in [-0.1, -0.05) is 18.2 Å². The normalized spacial score (nSPS) is 12.0. The maximum Gasteiger partial charge on any atom is 0.416 e. The van der Waals surface area contributed by atoms with Crippen LogP contribution < -0.4 is 9.47 Å². The van der Waals surface area contributed by atoms with Crippen LogP contribution in [0, 0.1) is 0 Å². The van der Waals surface area contributed by atoms with E-state index in [1.165, 1.54) is 37.7 Å². The van der Waals surface area contributed by atoms with Gasteiger partial charge in [-0.25, -0.2) is 0 Å². The summed E-state index contributed by atoms with van der Waals surface area (Å²) in [4.78, 5) is 12.7. The Morgan fingerprint density at radius 3 is 2.24 bits per heavy atom. The van der Waals surface area contributed by atoms with Gasteiger partial charge in [-0.05, 0) is 47.4 Å². The molecule has 0 aliphatic carbocycles. The molecule has 2 aromatic carbocycles. The van der Waals surface area contributed by atoms with E-state index >= 15 is 0 Å². The van der Waals surface area contributed by atoms with Crippen LogP contribution in [0.3, 0.4) is 0 Å². The highest BCUT2D eigenvalue weighted by Gasteiger charge is 2.30. The van der Waals surface area contributed by atoms with E-state index in [4.69, 9.17) is 9.47 Å². The molecular formula is C22H17F3O3S. The number of carbonyl (C=O) groups is 1. The number of aldehydes is 1. The summed E-state index contributed by atoms with van der Waals surface area (Å²) in [7, 11) is 3.01. The van der Waals surface area contributed by atoms with E-state index in [1.807, 2.05) is 23.6 Å². The third kappa shape index (κ3) is 4.35. The van der Waals surface area contributed by atoms with E-state index in [2.05, 4.69) is 0 Å². The van der Waals surface area contributed by atoms with Crippen LogP contribution in [0.4, 0.5) is 13.2 Å². The summed E-state index contributed by atoms with van der Waals surface area (Å²) < 4.78 is 49.5. The average Bonchev–Trinajstić information content (AvgIpc) is 3.25. The van der Waals surface area contributed by atoms with Crippen LogP contribution in [-0.2, 0) is 11.0 Å². The minimum atomic E-state index is -4.44. The number of rotatable bonds is 6. The summed E-state index contributed by atoms with van der Waals surface area (Å²) in [5, 5.41) is 1.94. The zero-order valence-corrected chi connectivity index (χ0v) is 16.4. The fraction of sp³-hybridized carbons (Fsp3) is 0.136. The second-order valence-corrected chi connectivity index (χ2v) is 6.98. The lowest BCUT2D eigenvalue weighted by Crippen LogP contribution is -2.04. The van der Waals surface area contributed by atoms with E-state index in [0.717, 1.165) is 22.6 Å². The van der Waals surface area contributed by atoms with Gasteiger partial charge >= 0.3 is 6.18 Å². The van der Waals surface area contributed by atoms with Gasteiger partial charge in [-0.2, -0.15) is 13.2 Å². The molecule has 0 bridgehead atoms. The fourth-order valence-corrected chi connectivity index (χ4v) is 3.68. The smallest absolute Gasteiger partial charge is 0.416 e. The van der Waals surface area contributed by atoms with E-state index in [1.54, 1.807) is 12.1 Å². The number of ether oxygens (including phenoxy) is 2. The summed E-state index contributed by atoms with van der Waals surface area (Å²) in [5.41, 5.74) is 1.15. The first-order valence-corrected chi connectivity index (χ1v) is 9.40. The first-order chi connectivity index (χ1) is 13.9. The predicted molar refractivity (Wildman–Crippen MR) is 108 cm³/mol. The van der Waals surface area contributed by atoms with Gasteiger partial charge in [0.15, 0.2) is 6.29 Å². The molecule has 1 aromatic heterocycles. The van der Waals surface area contributed by atoms with Gasteiger partial charge in [0.2, 0.25) is 0 Å². The summed E-state index contributed by atoms with van der Waals surface area (Å²) in [6.07, 6.45) is -2.28. The number of thiophene rings is 1. The van der Waals surface area contributed by atoms with Crippen LogP contribution in [-0.4, -0.2) is 20.5 Å². The molecule has 0 aliphatic rings. The summed E-state index contributed by atoms with van der Waals surface area (Å²) in [5.74, 6) is 0.992. The first-order valence-electron chi connectivity index (χ1n) is 8.52. The van der Waals surface area contributed by atoms with Crippen LogP contribution in [0.1, 0.15) is 16.7 Å². The van der Waals surface area contributed by atoms with Crippen LogP contribution >= 0.6 is 11.3 Å². The van der Waals surface area contributed by atoms with Gasteiger partial charge in [0.25, 0.3) is 0 Å². The Balaban J connectivity index is 2.13. The lowest BCUT2D eigenvalue weighted by molar-refractivity contribution is -0.137. The van der Waals surface area contributed by atoms with Crippen molar-refractivity contribution in [1.82, 2.24) is 0 Å². The van der Waals surface area contributed by atoms with Gasteiger partial charge in [-0.3, -0.25) is 4.79 Å². The number of methoxy groups -OCH3 is 2. The number of hydrogen-bond donors (Lipinski definition) is 0. The zero-order chi connectivity index (χ0) is 21.0. The van der Waals surface area contributed by atoms with Crippen molar-refractivity contribution in [2.45, 2.75) is 6.18 Å². The number of hydrogen-bond acceptors (Lipinski definition) is 4. The number of allylic oxidation sites excluding steroid dienone is 1. The second-order valence-electron chi connectivity index (χ2n) is 6.03. The van der Waals surface area contributed by atoms with Crippen molar-refractivity contribution in [2.24, 2.45) is 0 Å². The molecule has 0 saturated heterocycles. The second kappa shape index (κ2) is 8.53. The fourth-order valence-electron chi connectivity index (χ4n) is 2.93. The average molecular weight is 418 g/mol. The molecule has 0 aliphatic heterocycles. The highest BCUT2D eigenvalue weighted by Crippen LogP contribution is 2.42. The molecule has 3 aromatic rings. The Bertz CT molecular complexity index is 1020. The van der Waals surface area contributed by atoms with Crippen molar-refractivity contribution < 1.29 is 27.4 Å². The predicted octanol–water partition coefficient (Wildman–Crippen LogP) is 6.19. The minimum Gasteiger partial charge on any atom is -0.496 e. The van der Waals surface area contributed by atoms with E-state index in [-0.39, 0.29) is 5.57 Å². The van der Waals surface area contributed by atoms with Crippen LogP contribution in [0.2, 0.25) is 0 Å². The first kappa shape index (κ1) is 20.7. The van der Waals surface area contributed by atoms with Crippen LogP contribution in [0.25, 0.3) is 22.1 Å². The highest BCUT2D eigenvalue weighted by molar-refractivity contribution is 7.13. The molecule has 0 atom stereocenters. The monoisotopic (exact) mass is 418 g/mol. The molecule has 150 valence electrons. The lowest BCUT2D eigenvalue weighted by Gasteiger charge is -2.15.